The summed E-state index contributed by atoms with van der Waals surface area (Å²) >= 11 is 0. The van der Waals surface area contributed by atoms with Crippen LogP contribution in [0, 0.1) is 6.92 Å². The largest absolute Gasteiger partial charge is 0.448 e. The van der Waals surface area contributed by atoms with Crippen molar-refractivity contribution in [2.24, 2.45) is 0 Å². The van der Waals surface area contributed by atoms with Gasteiger partial charge in [0.1, 0.15) is 5.76 Å². The smallest absolute Gasteiger partial charge is 0.361 e. The van der Waals surface area contributed by atoms with E-state index in [0.29, 0.717) is 17.3 Å². The molecule has 150 valence electrons. The molecule has 1 atom stereocenters. The number of para-hydroxylation sites is 1. The van der Waals surface area contributed by atoms with Crippen LogP contribution in [0.4, 0.5) is 5.69 Å². The van der Waals surface area contributed by atoms with Gasteiger partial charge in [0.2, 0.25) is 5.89 Å². The third kappa shape index (κ3) is 4.71. The highest BCUT2D eigenvalue weighted by atomic mass is 16.5. The zero-order chi connectivity index (χ0) is 21.0. The van der Waals surface area contributed by atoms with Crippen molar-refractivity contribution in [3.8, 4) is 11.5 Å². The van der Waals surface area contributed by atoms with Crippen LogP contribution in [0.1, 0.15) is 48.5 Å². The molecule has 0 fully saturated rings. The topological polar surface area (TPSA) is 81.4 Å². The minimum absolute atomic E-state index is 0.0612. The maximum absolute atomic E-state index is 12.5. The number of rotatable bonds is 6. The third-order valence-electron chi connectivity index (χ3n) is 4.50. The second kappa shape index (κ2) is 8.73. The first-order chi connectivity index (χ1) is 13.9. The van der Waals surface area contributed by atoms with E-state index in [1.165, 1.54) is 6.92 Å². The first-order valence-electron chi connectivity index (χ1n) is 9.50. The fraction of sp³-hybridized carbons (Fsp3) is 0.261. The number of carbonyl (C=O) groups excluding carboxylic acids is 2. The summed E-state index contributed by atoms with van der Waals surface area (Å²) in [6.45, 7) is 7.26. The van der Waals surface area contributed by atoms with Crippen molar-refractivity contribution in [2.45, 2.75) is 39.7 Å². The lowest BCUT2D eigenvalue weighted by Crippen LogP contribution is -2.30. The minimum Gasteiger partial charge on any atom is -0.448 e. The van der Waals surface area contributed by atoms with Gasteiger partial charge in [-0.15, -0.1) is 0 Å². The Morgan fingerprint density at radius 1 is 1.00 bits per heavy atom. The van der Waals surface area contributed by atoms with Crippen molar-refractivity contribution in [3.05, 3.63) is 71.6 Å². The Morgan fingerprint density at radius 3 is 2.34 bits per heavy atom. The molecule has 0 saturated heterocycles. The number of hydrogen-bond donors (Lipinski definition) is 1. The Bertz CT molecular complexity index is 1010. The summed E-state index contributed by atoms with van der Waals surface area (Å²) in [5.74, 6) is -0.188. The molecule has 0 spiro atoms. The average Bonchev–Trinajstić information content (AvgIpc) is 3.10. The van der Waals surface area contributed by atoms with Crippen LogP contribution in [0.5, 0.6) is 0 Å². The first-order valence-corrected chi connectivity index (χ1v) is 9.50. The number of oxazole rings is 1. The standard InChI is InChI=1S/C23H24N2O4/c1-14(2)18-12-8-9-13-19(18)24-21(26)16(4)29-23(27)20-15(3)28-22(25-20)17-10-6-5-7-11-17/h5-14,16H,1-4H3,(H,24,26)/t16-/m1/s1. The van der Waals surface area contributed by atoms with Crippen LogP contribution in [0.15, 0.2) is 59.0 Å². The Labute approximate surface area is 169 Å². The van der Waals surface area contributed by atoms with Crippen LogP contribution in [0.2, 0.25) is 0 Å². The van der Waals surface area contributed by atoms with Gasteiger partial charge in [-0.2, -0.15) is 0 Å². The summed E-state index contributed by atoms with van der Waals surface area (Å²) in [7, 11) is 0. The lowest BCUT2D eigenvalue weighted by Gasteiger charge is -2.16. The van der Waals surface area contributed by atoms with Crippen LogP contribution < -0.4 is 5.32 Å². The predicted octanol–water partition coefficient (Wildman–Crippen LogP) is 4.96. The lowest BCUT2D eigenvalue weighted by molar-refractivity contribution is -0.123. The quantitative estimate of drug-likeness (QED) is 0.600. The highest BCUT2D eigenvalue weighted by Crippen LogP contribution is 2.24. The summed E-state index contributed by atoms with van der Waals surface area (Å²) in [4.78, 5) is 29.3. The van der Waals surface area contributed by atoms with Gasteiger partial charge >= 0.3 is 5.97 Å². The predicted molar refractivity (Wildman–Crippen MR) is 111 cm³/mol. The van der Waals surface area contributed by atoms with Crippen molar-refractivity contribution >= 4 is 17.6 Å². The molecule has 1 N–H and O–H groups in total. The van der Waals surface area contributed by atoms with Gasteiger partial charge in [0.15, 0.2) is 11.8 Å². The fourth-order valence-corrected chi connectivity index (χ4v) is 2.91. The van der Waals surface area contributed by atoms with Crippen molar-refractivity contribution in [1.82, 2.24) is 4.98 Å². The molecule has 0 bridgehead atoms. The van der Waals surface area contributed by atoms with E-state index >= 15 is 0 Å². The van der Waals surface area contributed by atoms with E-state index in [4.69, 9.17) is 9.15 Å². The van der Waals surface area contributed by atoms with Gasteiger partial charge in [-0.1, -0.05) is 50.2 Å². The number of esters is 1. The average molecular weight is 392 g/mol. The van der Waals surface area contributed by atoms with Gasteiger partial charge in [-0.25, -0.2) is 9.78 Å². The van der Waals surface area contributed by atoms with Crippen molar-refractivity contribution in [3.63, 3.8) is 0 Å². The zero-order valence-corrected chi connectivity index (χ0v) is 16.9. The van der Waals surface area contributed by atoms with Crippen molar-refractivity contribution in [2.75, 3.05) is 5.32 Å². The number of carbonyl (C=O) groups is 2. The molecule has 2 aromatic carbocycles. The number of ether oxygens (including phenoxy) is 1. The molecule has 1 amide bonds. The summed E-state index contributed by atoms with van der Waals surface area (Å²) in [6, 6.07) is 16.8. The molecule has 1 aromatic heterocycles. The Hall–Kier alpha value is -3.41. The SMILES string of the molecule is Cc1oc(-c2ccccc2)nc1C(=O)O[C@H](C)C(=O)Nc1ccccc1C(C)C. The van der Waals surface area contributed by atoms with Crippen LogP contribution >= 0.6 is 0 Å². The van der Waals surface area contributed by atoms with Gasteiger partial charge < -0.3 is 14.5 Å². The summed E-state index contributed by atoms with van der Waals surface area (Å²) in [5.41, 5.74) is 2.54. The second-order valence-electron chi connectivity index (χ2n) is 7.07. The first kappa shape index (κ1) is 20.3. The molecule has 1 heterocycles. The number of nitrogens with one attached hydrogen (secondary N) is 1. The molecule has 0 radical (unpaired) electrons. The Morgan fingerprint density at radius 2 is 1.66 bits per heavy atom. The van der Waals surface area contributed by atoms with Gasteiger partial charge in [0.25, 0.3) is 5.91 Å². The molecule has 0 aliphatic carbocycles. The Kier molecular flexibility index (Phi) is 6.12. The van der Waals surface area contributed by atoms with E-state index in [-0.39, 0.29) is 11.6 Å². The molecule has 3 rings (SSSR count). The van der Waals surface area contributed by atoms with E-state index in [9.17, 15) is 9.59 Å². The number of benzene rings is 2. The molecule has 6 nitrogen and oxygen atoms in total. The highest BCUT2D eigenvalue weighted by Gasteiger charge is 2.25. The van der Waals surface area contributed by atoms with Crippen molar-refractivity contribution < 1.29 is 18.7 Å². The van der Waals surface area contributed by atoms with Gasteiger partial charge in [-0.05, 0) is 43.5 Å². The molecule has 0 aliphatic heterocycles. The second-order valence-corrected chi connectivity index (χ2v) is 7.07. The molecule has 0 unspecified atom stereocenters. The van der Waals surface area contributed by atoms with Crippen LogP contribution in [0.3, 0.4) is 0 Å². The zero-order valence-electron chi connectivity index (χ0n) is 16.9. The van der Waals surface area contributed by atoms with E-state index in [1.54, 1.807) is 6.92 Å². The number of aryl methyl sites for hydroxylation is 1. The molecule has 0 aliphatic rings. The van der Waals surface area contributed by atoms with Crippen LogP contribution in [-0.4, -0.2) is 23.0 Å². The van der Waals surface area contributed by atoms with E-state index in [2.05, 4.69) is 10.3 Å². The van der Waals surface area contributed by atoms with E-state index in [0.717, 1.165) is 11.1 Å². The van der Waals surface area contributed by atoms with Crippen molar-refractivity contribution in [1.29, 1.82) is 0 Å². The normalized spacial score (nSPS) is 11.9. The van der Waals surface area contributed by atoms with Gasteiger partial charge in [-0.3, -0.25) is 4.79 Å². The summed E-state index contributed by atoms with van der Waals surface area (Å²) in [6.07, 6.45) is -0.987. The van der Waals surface area contributed by atoms with Gasteiger partial charge in [0.05, 0.1) is 0 Å². The molecule has 6 heteroatoms. The monoisotopic (exact) mass is 392 g/mol. The van der Waals surface area contributed by atoms with Crippen LogP contribution in [-0.2, 0) is 9.53 Å². The molecular formula is C23H24N2O4. The summed E-state index contributed by atoms with van der Waals surface area (Å²) < 4.78 is 10.9. The van der Waals surface area contributed by atoms with E-state index in [1.807, 2.05) is 68.4 Å². The number of hydrogen-bond acceptors (Lipinski definition) is 5. The fourth-order valence-electron chi connectivity index (χ4n) is 2.91. The molecule has 3 aromatic rings. The number of nitrogens with zero attached hydrogens (tertiary/aromatic N) is 1. The highest BCUT2D eigenvalue weighted by molar-refractivity contribution is 5.97. The lowest BCUT2D eigenvalue weighted by atomic mass is 10.0. The maximum atomic E-state index is 12.5. The number of anilines is 1. The molecule has 0 saturated carbocycles. The number of aromatic nitrogens is 1. The van der Waals surface area contributed by atoms with Gasteiger partial charge in [0, 0.05) is 11.3 Å². The minimum atomic E-state index is -0.987. The summed E-state index contributed by atoms with van der Waals surface area (Å²) in [5, 5.41) is 2.83. The molecular weight excluding hydrogens is 368 g/mol. The van der Waals surface area contributed by atoms with Crippen LogP contribution in [0.25, 0.3) is 11.5 Å². The maximum Gasteiger partial charge on any atom is 0.361 e. The Balaban J connectivity index is 1.69. The van der Waals surface area contributed by atoms with E-state index < -0.39 is 18.0 Å². The third-order valence-corrected chi connectivity index (χ3v) is 4.50. The molecule has 29 heavy (non-hydrogen) atoms. The number of amides is 1.